The van der Waals surface area contributed by atoms with Gasteiger partial charge in [0.15, 0.2) is 5.65 Å². The van der Waals surface area contributed by atoms with Crippen LogP contribution in [-0.4, -0.2) is 59.3 Å². The first kappa shape index (κ1) is 14.9. The fourth-order valence-electron chi connectivity index (χ4n) is 2.97. The molecule has 6 nitrogen and oxygen atoms in total. The van der Waals surface area contributed by atoms with E-state index in [9.17, 15) is 4.39 Å². The van der Waals surface area contributed by atoms with Crippen molar-refractivity contribution in [3.8, 4) is 0 Å². The number of alkyl halides is 1. The number of nitrogens with zero attached hydrogens (tertiary/aromatic N) is 4. The highest BCUT2D eigenvalue weighted by molar-refractivity contribution is 5.90. The summed E-state index contributed by atoms with van der Waals surface area (Å²) in [6, 6.07) is 1.71. The van der Waals surface area contributed by atoms with Gasteiger partial charge in [0, 0.05) is 25.8 Å². The van der Waals surface area contributed by atoms with E-state index < -0.39 is 6.17 Å². The number of fused-ring (bicyclic) bond motifs is 1. The quantitative estimate of drug-likeness (QED) is 0.900. The first-order chi connectivity index (χ1) is 10.5. The van der Waals surface area contributed by atoms with Gasteiger partial charge in [-0.2, -0.15) is 9.97 Å². The van der Waals surface area contributed by atoms with E-state index in [-0.39, 0.29) is 6.04 Å². The van der Waals surface area contributed by atoms with Crippen LogP contribution < -0.4 is 10.6 Å². The number of nitrogens with one attached hydrogen (secondary N) is 2. The lowest BCUT2D eigenvalue weighted by molar-refractivity contribution is 0.314. The smallest absolute Gasteiger partial charge is 0.227 e. The van der Waals surface area contributed by atoms with E-state index in [1.165, 1.54) is 0 Å². The number of halogens is 1. The van der Waals surface area contributed by atoms with Gasteiger partial charge in [0.1, 0.15) is 12.0 Å². The predicted octanol–water partition coefficient (Wildman–Crippen LogP) is 1.75. The van der Waals surface area contributed by atoms with E-state index in [4.69, 9.17) is 0 Å². The van der Waals surface area contributed by atoms with Gasteiger partial charge in [-0.15, -0.1) is 0 Å². The number of likely N-dealkylation sites (N-methyl/N-ethyl adjacent to an activating group) is 1. The molecule has 2 N–H and O–H groups in total. The molecule has 22 heavy (non-hydrogen) atoms. The van der Waals surface area contributed by atoms with Crippen LogP contribution in [-0.2, 0) is 0 Å². The number of likely N-dealkylation sites (tertiary alicyclic amines) is 1. The van der Waals surface area contributed by atoms with Crippen LogP contribution in [0.1, 0.15) is 11.3 Å². The van der Waals surface area contributed by atoms with E-state index >= 15 is 0 Å². The molecule has 0 amide bonds. The molecule has 0 radical (unpaired) electrons. The minimum absolute atomic E-state index is 0.293. The zero-order valence-electron chi connectivity index (χ0n) is 13.3. The van der Waals surface area contributed by atoms with E-state index in [1.54, 1.807) is 0 Å². The summed E-state index contributed by atoms with van der Waals surface area (Å²) in [5.41, 5.74) is 2.60. The van der Waals surface area contributed by atoms with Crippen LogP contribution in [0.5, 0.6) is 0 Å². The number of aromatic nitrogens is 3. The Kier molecular flexibility index (Phi) is 3.82. The molecule has 0 aromatic carbocycles. The third-order valence-corrected chi connectivity index (χ3v) is 3.97. The number of rotatable bonds is 3. The molecule has 2 aromatic heterocycles. The molecular weight excluding hydrogens is 283 g/mol. The standard InChI is InChI=1S/C15H21FN6/c1-8-5-9(2)18-14-12(8)13(17-3)20-15(21-14)19-11-7-22(4)6-10(11)16/h5,10-11H,6-7H2,1-4H3,(H2,17,18,19,20,21). The average Bonchev–Trinajstić information content (AvgIpc) is 2.75. The van der Waals surface area contributed by atoms with Gasteiger partial charge in [0.25, 0.3) is 0 Å². The summed E-state index contributed by atoms with van der Waals surface area (Å²) in [6.07, 6.45) is -0.922. The molecule has 1 fully saturated rings. The molecule has 0 bridgehead atoms. The second-order valence-electron chi connectivity index (χ2n) is 5.91. The lowest BCUT2D eigenvalue weighted by Gasteiger charge is -2.16. The average molecular weight is 304 g/mol. The van der Waals surface area contributed by atoms with Gasteiger partial charge >= 0.3 is 0 Å². The number of hydrogen-bond donors (Lipinski definition) is 2. The van der Waals surface area contributed by atoms with Gasteiger partial charge in [-0.05, 0) is 32.5 Å². The Bertz CT molecular complexity index is 704. The predicted molar refractivity (Wildman–Crippen MR) is 86.2 cm³/mol. The highest BCUT2D eigenvalue weighted by Gasteiger charge is 2.31. The Labute approximate surface area is 129 Å². The summed E-state index contributed by atoms with van der Waals surface area (Å²) in [6.45, 7) is 5.01. The summed E-state index contributed by atoms with van der Waals surface area (Å²) in [5, 5.41) is 7.09. The van der Waals surface area contributed by atoms with Crippen molar-refractivity contribution in [3.63, 3.8) is 0 Å². The van der Waals surface area contributed by atoms with Crippen molar-refractivity contribution in [2.24, 2.45) is 0 Å². The number of anilines is 2. The third-order valence-electron chi connectivity index (χ3n) is 3.97. The molecule has 3 rings (SSSR count). The minimum Gasteiger partial charge on any atom is -0.372 e. The highest BCUT2D eigenvalue weighted by atomic mass is 19.1. The van der Waals surface area contributed by atoms with Crippen molar-refractivity contribution in [1.82, 2.24) is 19.9 Å². The minimum atomic E-state index is -0.922. The first-order valence-electron chi connectivity index (χ1n) is 7.41. The SMILES string of the molecule is CNc1nc(NC2CN(C)CC2F)nc2nc(C)cc(C)c12. The van der Waals surface area contributed by atoms with Crippen molar-refractivity contribution < 1.29 is 4.39 Å². The van der Waals surface area contributed by atoms with Gasteiger partial charge < -0.3 is 15.5 Å². The fourth-order valence-corrected chi connectivity index (χ4v) is 2.97. The van der Waals surface area contributed by atoms with E-state index in [0.29, 0.717) is 30.5 Å². The molecule has 0 spiro atoms. The van der Waals surface area contributed by atoms with Gasteiger partial charge in [-0.1, -0.05) is 0 Å². The Balaban J connectivity index is 2.00. The molecule has 1 aliphatic heterocycles. The molecular formula is C15H21FN6. The summed E-state index contributed by atoms with van der Waals surface area (Å²) >= 11 is 0. The molecule has 2 aromatic rings. The summed E-state index contributed by atoms with van der Waals surface area (Å²) < 4.78 is 14.0. The van der Waals surface area contributed by atoms with Crippen LogP contribution >= 0.6 is 0 Å². The normalized spacial score (nSPS) is 22.2. The van der Waals surface area contributed by atoms with Crippen molar-refractivity contribution in [2.45, 2.75) is 26.1 Å². The van der Waals surface area contributed by atoms with Crippen LogP contribution in [0.25, 0.3) is 11.0 Å². The van der Waals surface area contributed by atoms with Crippen molar-refractivity contribution in [1.29, 1.82) is 0 Å². The van der Waals surface area contributed by atoms with Gasteiger partial charge in [0.05, 0.1) is 11.4 Å². The molecule has 7 heteroatoms. The topological polar surface area (TPSA) is 66.0 Å². The van der Waals surface area contributed by atoms with E-state index in [2.05, 4.69) is 25.6 Å². The van der Waals surface area contributed by atoms with Crippen molar-refractivity contribution in [3.05, 3.63) is 17.3 Å². The third kappa shape index (κ3) is 2.68. The van der Waals surface area contributed by atoms with E-state index in [0.717, 1.165) is 16.6 Å². The molecule has 0 aliphatic carbocycles. The summed E-state index contributed by atoms with van der Waals surface area (Å²) in [7, 11) is 3.72. The molecule has 1 saturated heterocycles. The largest absolute Gasteiger partial charge is 0.372 e. The van der Waals surface area contributed by atoms with Crippen LogP contribution in [0.3, 0.4) is 0 Å². The summed E-state index contributed by atoms with van der Waals surface area (Å²) in [4.78, 5) is 15.4. The van der Waals surface area contributed by atoms with Crippen LogP contribution in [0, 0.1) is 13.8 Å². The Morgan fingerprint density at radius 1 is 1.23 bits per heavy atom. The highest BCUT2D eigenvalue weighted by Crippen LogP contribution is 2.25. The van der Waals surface area contributed by atoms with E-state index in [1.807, 2.05) is 38.9 Å². The Morgan fingerprint density at radius 3 is 2.64 bits per heavy atom. The summed E-state index contributed by atoms with van der Waals surface area (Å²) in [5.74, 6) is 1.12. The zero-order chi connectivity index (χ0) is 15.9. The van der Waals surface area contributed by atoms with Crippen LogP contribution in [0.2, 0.25) is 0 Å². The number of pyridine rings is 1. The maximum absolute atomic E-state index is 14.0. The molecule has 3 heterocycles. The van der Waals surface area contributed by atoms with Crippen LogP contribution in [0.15, 0.2) is 6.07 Å². The van der Waals surface area contributed by atoms with Crippen molar-refractivity contribution >= 4 is 22.8 Å². The molecule has 1 aliphatic rings. The molecule has 0 saturated carbocycles. The maximum atomic E-state index is 14.0. The number of hydrogen-bond acceptors (Lipinski definition) is 6. The van der Waals surface area contributed by atoms with Gasteiger partial charge in [0.2, 0.25) is 5.95 Å². The second-order valence-corrected chi connectivity index (χ2v) is 5.91. The van der Waals surface area contributed by atoms with Crippen LogP contribution in [0.4, 0.5) is 16.2 Å². The Hall–Kier alpha value is -2.02. The van der Waals surface area contributed by atoms with Gasteiger partial charge in [-0.3, -0.25) is 0 Å². The van der Waals surface area contributed by atoms with Crippen molar-refractivity contribution in [2.75, 3.05) is 37.8 Å². The molecule has 2 atom stereocenters. The first-order valence-corrected chi connectivity index (χ1v) is 7.41. The lowest BCUT2D eigenvalue weighted by Crippen LogP contribution is -2.30. The Morgan fingerprint density at radius 2 is 2.00 bits per heavy atom. The molecule has 118 valence electrons. The number of aryl methyl sites for hydroxylation is 2. The fraction of sp³-hybridized carbons (Fsp3) is 0.533. The monoisotopic (exact) mass is 304 g/mol. The molecule has 2 unspecified atom stereocenters. The maximum Gasteiger partial charge on any atom is 0.227 e. The second kappa shape index (κ2) is 5.64. The lowest BCUT2D eigenvalue weighted by atomic mass is 10.1. The van der Waals surface area contributed by atoms with Gasteiger partial charge in [-0.25, -0.2) is 9.37 Å². The zero-order valence-corrected chi connectivity index (χ0v) is 13.3.